The lowest BCUT2D eigenvalue weighted by atomic mass is 10.2. The number of methoxy groups -OCH3 is 1. The van der Waals surface area contributed by atoms with E-state index < -0.39 is 0 Å². The van der Waals surface area contributed by atoms with Gasteiger partial charge >= 0.3 is 0 Å². The maximum Gasteiger partial charge on any atom is 0.130 e. The predicted octanol–water partition coefficient (Wildman–Crippen LogP) is 1.35. The van der Waals surface area contributed by atoms with Gasteiger partial charge in [-0.15, -0.1) is 0 Å². The summed E-state index contributed by atoms with van der Waals surface area (Å²) in [6.45, 7) is 0. The Labute approximate surface area is 75.9 Å². The summed E-state index contributed by atoms with van der Waals surface area (Å²) in [4.78, 5) is 0.303. The lowest BCUT2D eigenvalue weighted by Gasteiger charge is -2.02. The highest BCUT2D eigenvalue weighted by molar-refractivity contribution is 7.80. The van der Waals surface area contributed by atoms with Crippen LogP contribution in [0.3, 0.4) is 0 Å². The number of thiocarbonyl (C=S) groups is 1. The van der Waals surface area contributed by atoms with Gasteiger partial charge in [-0.25, -0.2) is 0 Å². The minimum atomic E-state index is 0.303. The van der Waals surface area contributed by atoms with Crippen molar-refractivity contribution in [1.29, 1.82) is 0 Å². The fourth-order valence-corrected chi connectivity index (χ4v) is 0.943. The molecule has 2 N–H and O–H groups in total. The van der Waals surface area contributed by atoms with Crippen molar-refractivity contribution in [3.63, 3.8) is 0 Å². The molecule has 0 aliphatic heterocycles. The summed E-state index contributed by atoms with van der Waals surface area (Å²) in [6.07, 6.45) is 0. The molecule has 0 bridgehead atoms. The van der Waals surface area contributed by atoms with Crippen LogP contribution >= 0.6 is 12.2 Å². The van der Waals surface area contributed by atoms with Crippen LogP contribution in [0.1, 0.15) is 5.56 Å². The molecule has 0 radical (unpaired) electrons. The highest BCUT2D eigenvalue weighted by atomic mass is 32.1. The first kappa shape index (κ1) is 8.96. The maximum absolute atomic E-state index is 8.49. The predicted molar refractivity (Wildman–Crippen MR) is 49.6 cm³/mol. The molecular weight excluding hydrogens is 174 g/mol. The molecule has 64 valence electrons. The molecule has 0 aliphatic carbocycles. The van der Waals surface area contributed by atoms with E-state index in [0.717, 1.165) is 11.3 Å². The molecule has 0 fully saturated rings. The van der Waals surface area contributed by atoms with Crippen molar-refractivity contribution >= 4 is 17.2 Å². The average Bonchev–Trinajstić information content (AvgIpc) is 2.17. The van der Waals surface area contributed by atoms with E-state index in [2.05, 4.69) is 0 Å². The number of hydrogen-bond acceptors (Lipinski definition) is 3. The summed E-state index contributed by atoms with van der Waals surface area (Å²) in [7, 11) is 1.59. The Balaban J connectivity index is 2.84. The summed E-state index contributed by atoms with van der Waals surface area (Å²) < 4.78 is 4.96. The summed E-state index contributed by atoms with van der Waals surface area (Å²) in [6, 6.07) is 7.09. The highest BCUT2D eigenvalue weighted by Gasteiger charge is 1.98. The average molecular weight is 183 g/mol. The van der Waals surface area contributed by atoms with E-state index in [9.17, 15) is 0 Å². The zero-order valence-corrected chi connectivity index (χ0v) is 7.39. The first-order valence-electron chi connectivity index (χ1n) is 3.36. The Morgan fingerprint density at radius 3 is 2.42 bits per heavy atom. The van der Waals surface area contributed by atoms with Crippen molar-refractivity contribution in [2.24, 2.45) is 0 Å². The van der Waals surface area contributed by atoms with Crippen LogP contribution in [0.5, 0.6) is 5.75 Å². The van der Waals surface area contributed by atoms with E-state index in [1.807, 2.05) is 5.48 Å². The van der Waals surface area contributed by atoms with Crippen LogP contribution in [-0.2, 0) is 0 Å². The van der Waals surface area contributed by atoms with Crippen LogP contribution in [0, 0.1) is 0 Å². The number of benzene rings is 1. The van der Waals surface area contributed by atoms with Gasteiger partial charge in [-0.1, -0.05) is 12.2 Å². The van der Waals surface area contributed by atoms with Crippen LogP contribution in [0.25, 0.3) is 0 Å². The van der Waals surface area contributed by atoms with Gasteiger partial charge in [0.25, 0.3) is 0 Å². The molecular formula is C8H9NO2S. The van der Waals surface area contributed by atoms with E-state index in [1.165, 1.54) is 0 Å². The van der Waals surface area contributed by atoms with Crippen LogP contribution in [-0.4, -0.2) is 17.3 Å². The normalized spacial score (nSPS) is 9.17. The summed E-state index contributed by atoms with van der Waals surface area (Å²) in [5, 5.41) is 8.49. The van der Waals surface area contributed by atoms with Gasteiger partial charge in [-0.3, -0.25) is 10.7 Å². The van der Waals surface area contributed by atoms with Crippen molar-refractivity contribution in [3.05, 3.63) is 29.8 Å². The van der Waals surface area contributed by atoms with E-state index in [4.69, 9.17) is 22.2 Å². The fraction of sp³-hybridized carbons (Fsp3) is 0.125. The Kier molecular flexibility index (Phi) is 3.01. The van der Waals surface area contributed by atoms with Gasteiger partial charge in [-0.05, 0) is 24.3 Å². The van der Waals surface area contributed by atoms with Gasteiger partial charge in [0.1, 0.15) is 10.7 Å². The zero-order valence-electron chi connectivity index (χ0n) is 6.57. The van der Waals surface area contributed by atoms with Gasteiger partial charge in [0, 0.05) is 5.56 Å². The molecule has 0 heterocycles. The third kappa shape index (κ3) is 1.93. The first-order valence-corrected chi connectivity index (χ1v) is 3.77. The number of hydroxylamine groups is 1. The zero-order chi connectivity index (χ0) is 8.97. The second-order valence-corrected chi connectivity index (χ2v) is 2.58. The minimum absolute atomic E-state index is 0.303. The second kappa shape index (κ2) is 4.04. The topological polar surface area (TPSA) is 41.5 Å². The molecule has 1 aromatic rings. The Hall–Kier alpha value is -1.13. The van der Waals surface area contributed by atoms with Crippen LogP contribution in [0.15, 0.2) is 24.3 Å². The molecule has 0 spiro atoms. The monoisotopic (exact) mass is 183 g/mol. The van der Waals surface area contributed by atoms with Gasteiger partial charge in [0.2, 0.25) is 0 Å². The molecule has 0 amide bonds. The van der Waals surface area contributed by atoms with Gasteiger partial charge < -0.3 is 4.74 Å². The Bertz CT molecular complexity index is 271. The Morgan fingerprint density at radius 2 is 2.00 bits per heavy atom. The second-order valence-electron chi connectivity index (χ2n) is 2.17. The van der Waals surface area contributed by atoms with Gasteiger partial charge in [0.15, 0.2) is 0 Å². The molecule has 3 nitrogen and oxygen atoms in total. The van der Waals surface area contributed by atoms with E-state index in [0.29, 0.717) is 4.99 Å². The SMILES string of the molecule is COc1ccc(C(=S)NO)cc1. The number of hydrogen-bond donors (Lipinski definition) is 2. The van der Waals surface area contributed by atoms with E-state index in [1.54, 1.807) is 31.4 Å². The van der Waals surface area contributed by atoms with Crippen LogP contribution in [0.2, 0.25) is 0 Å². The van der Waals surface area contributed by atoms with Crippen LogP contribution in [0.4, 0.5) is 0 Å². The molecule has 0 aliphatic rings. The molecule has 12 heavy (non-hydrogen) atoms. The molecule has 4 heteroatoms. The van der Waals surface area contributed by atoms with Crippen molar-refractivity contribution in [1.82, 2.24) is 5.48 Å². The number of nitrogens with one attached hydrogen (secondary N) is 1. The lowest BCUT2D eigenvalue weighted by Crippen LogP contribution is -2.16. The maximum atomic E-state index is 8.49. The minimum Gasteiger partial charge on any atom is -0.497 e. The smallest absolute Gasteiger partial charge is 0.130 e. The number of ether oxygens (including phenoxy) is 1. The molecule has 0 saturated heterocycles. The first-order chi connectivity index (χ1) is 5.77. The third-order valence-corrected chi connectivity index (χ3v) is 1.78. The van der Waals surface area contributed by atoms with E-state index in [-0.39, 0.29) is 0 Å². The largest absolute Gasteiger partial charge is 0.497 e. The molecule has 0 unspecified atom stereocenters. The van der Waals surface area contributed by atoms with E-state index >= 15 is 0 Å². The molecule has 0 atom stereocenters. The summed E-state index contributed by atoms with van der Waals surface area (Å²) in [5.41, 5.74) is 2.67. The molecule has 0 saturated carbocycles. The van der Waals surface area contributed by atoms with Gasteiger partial charge in [-0.2, -0.15) is 0 Å². The van der Waals surface area contributed by atoms with Crippen molar-refractivity contribution in [2.75, 3.05) is 7.11 Å². The molecule has 1 aromatic carbocycles. The fourth-order valence-electron chi connectivity index (χ4n) is 0.807. The standard InChI is InChI=1S/C8H9NO2S/c1-11-7-4-2-6(3-5-7)8(12)9-10/h2-5,10H,1H3,(H,9,12). The third-order valence-electron chi connectivity index (χ3n) is 1.45. The number of rotatable bonds is 2. The van der Waals surface area contributed by atoms with Gasteiger partial charge in [0.05, 0.1) is 7.11 Å². The lowest BCUT2D eigenvalue weighted by molar-refractivity contribution is 0.238. The Morgan fingerprint density at radius 1 is 1.42 bits per heavy atom. The van der Waals surface area contributed by atoms with Crippen molar-refractivity contribution in [3.8, 4) is 5.75 Å². The summed E-state index contributed by atoms with van der Waals surface area (Å²) in [5.74, 6) is 0.763. The highest BCUT2D eigenvalue weighted by Crippen LogP contribution is 2.11. The van der Waals surface area contributed by atoms with Crippen LogP contribution < -0.4 is 10.2 Å². The quantitative estimate of drug-likeness (QED) is 0.536. The molecule has 1 rings (SSSR count). The van der Waals surface area contributed by atoms with Crippen molar-refractivity contribution in [2.45, 2.75) is 0 Å². The summed E-state index contributed by atoms with van der Waals surface area (Å²) >= 11 is 4.80. The van der Waals surface area contributed by atoms with Crippen molar-refractivity contribution < 1.29 is 9.94 Å². The molecule has 0 aromatic heterocycles.